The van der Waals surface area contributed by atoms with E-state index in [0.29, 0.717) is 35.7 Å². The van der Waals surface area contributed by atoms with Gasteiger partial charge in [-0.3, -0.25) is 10.0 Å². The molecule has 1 aliphatic rings. The number of methoxy groups -OCH3 is 2. The summed E-state index contributed by atoms with van der Waals surface area (Å²) < 4.78 is 44.4. The molecule has 0 saturated carbocycles. The lowest BCUT2D eigenvalue weighted by molar-refractivity contribution is 0.0701. The van der Waals surface area contributed by atoms with Gasteiger partial charge < -0.3 is 14.2 Å². The second kappa shape index (κ2) is 9.54. The SMILES string of the molecule is COc1ccccc1OC1CCN(S(=O)(=O)c2ccc(OC)c(C)c2C(=O)NO)CC1. The van der Waals surface area contributed by atoms with Gasteiger partial charge in [0, 0.05) is 18.7 Å². The van der Waals surface area contributed by atoms with Crippen molar-refractivity contribution in [1.82, 2.24) is 9.79 Å². The predicted molar refractivity (Wildman–Crippen MR) is 112 cm³/mol. The van der Waals surface area contributed by atoms with Crippen LogP contribution in [0.2, 0.25) is 0 Å². The first-order chi connectivity index (χ1) is 14.8. The first-order valence-corrected chi connectivity index (χ1v) is 11.2. The minimum Gasteiger partial charge on any atom is -0.496 e. The maximum absolute atomic E-state index is 13.3. The summed E-state index contributed by atoms with van der Waals surface area (Å²) >= 11 is 0. The third-order valence-electron chi connectivity index (χ3n) is 5.31. The Bertz CT molecular complexity index is 1050. The third kappa shape index (κ3) is 4.60. The molecular formula is C21H26N2O7S. The summed E-state index contributed by atoms with van der Waals surface area (Å²) in [5, 5.41) is 9.12. The van der Waals surface area contributed by atoms with Crippen LogP contribution >= 0.6 is 0 Å². The number of amides is 1. The molecule has 9 nitrogen and oxygen atoms in total. The van der Waals surface area contributed by atoms with E-state index in [1.54, 1.807) is 20.1 Å². The molecule has 1 fully saturated rings. The van der Waals surface area contributed by atoms with Crippen LogP contribution in [0.4, 0.5) is 0 Å². The van der Waals surface area contributed by atoms with Gasteiger partial charge in [0.05, 0.1) is 24.7 Å². The number of rotatable bonds is 7. The zero-order chi connectivity index (χ0) is 22.6. The fraction of sp³-hybridized carbons (Fsp3) is 0.381. The molecule has 168 valence electrons. The lowest BCUT2D eigenvalue weighted by Crippen LogP contribution is -2.42. The Kier molecular flexibility index (Phi) is 7.04. The van der Waals surface area contributed by atoms with E-state index in [4.69, 9.17) is 19.4 Å². The molecule has 10 heteroatoms. The van der Waals surface area contributed by atoms with Crippen molar-refractivity contribution in [1.29, 1.82) is 0 Å². The van der Waals surface area contributed by atoms with E-state index in [9.17, 15) is 13.2 Å². The Labute approximate surface area is 181 Å². The van der Waals surface area contributed by atoms with E-state index in [-0.39, 0.29) is 29.7 Å². The fourth-order valence-corrected chi connectivity index (χ4v) is 5.38. The van der Waals surface area contributed by atoms with Gasteiger partial charge in [0.1, 0.15) is 11.9 Å². The first kappa shape index (κ1) is 22.9. The highest BCUT2D eigenvalue weighted by atomic mass is 32.2. The normalized spacial score (nSPS) is 15.4. The zero-order valence-corrected chi connectivity index (χ0v) is 18.4. The van der Waals surface area contributed by atoms with E-state index < -0.39 is 15.9 Å². The smallest absolute Gasteiger partial charge is 0.276 e. The van der Waals surface area contributed by atoms with Gasteiger partial charge in [0.2, 0.25) is 10.0 Å². The number of ether oxygens (including phenoxy) is 3. The first-order valence-electron chi connectivity index (χ1n) is 9.75. The molecule has 0 spiro atoms. The molecule has 1 heterocycles. The van der Waals surface area contributed by atoms with E-state index >= 15 is 0 Å². The molecule has 1 amide bonds. The number of nitrogens with one attached hydrogen (secondary N) is 1. The second-order valence-corrected chi connectivity index (χ2v) is 8.99. The number of hydrogen-bond donors (Lipinski definition) is 2. The third-order valence-corrected chi connectivity index (χ3v) is 7.25. The molecule has 3 rings (SSSR count). The van der Waals surface area contributed by atoms with E-state index in [1.807, 2.05) is 18.2 Å². The summed E-state index contributed by atoms with van der Waals surface area (Å²) in [5.74, 6) is 0.663. The molecule has 1 aliphatic heterocycles. The van der Waals surface area contributed by atoms with E-state index in [0.717, 1.165) is 0 Å². The van der Waals surface area contributed by atoms with E-state index in [1.165, 1.54) is 29.0 Å². The Morgan fingerprint density at radius 1 is 1.03 bits per heavy atom. The van der Waals surface area contributed by atoms with Crippen LogP contribution in [-0.2, 0) is 10.0 Å². The lowest BCUT2D eigenvalue weighted by Gasteiger charge is -2.32. The van der Waals surface area contributed by atoms with Crippen LogP contribution in [0, 0.1) is 6.92 Å². The number of para-hydroxylation sites is 2. The highest BCUT2D eigenvalue weighted by Gasteiger charge is 2.34. The number of piperidine rings is 1. The van der Waals surface area contributed by atoms with E-state index in [2.05, 4.69) is 0 Å². The molecule has 0 aliphatic carbocycles. The number of hydrogen-bond acceptors (Lipinski definition) is 7. The van der Waals surface area contributed by atoms with Crippen molar-refractivity contribution in [2.24, 2.45) is 0 Å². The highest BCUT2D eigenvalue weighted by Crippen LogP contribution is 2.32. The van der Waals surface area contributed by atoms with Crippen molar-refractivity contribution in [3.8, 4) is 17.2 Å². The van der Waals surface area contributed by atoms with Crippen molar-refractivity contribution in [2.45, 2.75) is 30.8 Å². The van der Waals surface area contributed by atoms with Crippen LogP contribution in [0.5, 0.6) is 17.2 Å². The molecule has 0 aromatic heterocycles. The maximum Gasteiger partial charge on any atom is 0.276 e. The summed E-state index contributed by atoms with van der Waals surface area (Å²) in [6.07, 6.45) is 0.794. The Morgan fingerprint density at radius 2 is 1.65 bits per heavy atom. The summed E-state index contributed by atoms with van der Waals surface area (Å²) in [6.45, 7) is 2.02. The number of carbonyl (C=O) groups is 1. The molecule has 0 atom stereocenters. The fourth-order valence-electron chi connectivity index (χ4n) is 3.67. The number of benzene rings is 2. The van der Waals surface area contributed by atoms with Crippen molar-refractivity contribution < 1.29 is 32.6 Å². The molecule has 2 N–H and O–H groups in total. The van der Waals surface area contributed by atoms with Crippen molar-refractivity contribution in [3.63, 3.8) is 0 Å². The van der Waals surface area contributed by atoms with Gasteiger partial charge >= 0.3 is 0 Å². The lowest BCUT2D eigenvalue weighted by atomic mass is 10.1. The van der Waals surface area contributed by atoms with Gasteiger partial charge in [-0.15, -0.1) is 0 Å². The predicted octanol–water partition coefficient (Wildman–Crippen LogP) is 2.36. The van der Waals surface area contributed by atoms with Gasteiger partial charge in [-0.05, 0) is 44.0 Å². The van der Waals surface area contributed by atoms with Crippen molar-refractivity contribution in [2.75, 3.05) is 27.3 Å². The minimum absolute atomic E-state index is 0.144. The molecule has 0 unspecified atom stereocenters. The average Bonchev–Trinajstić information content (AvgIpc) is 2.79. The van der Waals surface area contributed by atoms with Crippen LogP contribution in [-0.4, -0.2) is 57.3 Å². The summed E-state index contributed by atoms with van der Waals surface area (Å²) in [5.41, 5.74) is 1.70. The van der Waals surface area contributed by atoms with Gasteiger partial charge in [-0.25, -0.2) is 13.9 Å². The van der Waals surface area contributed by atoms with Gasteiger partial charge in [0.15, 0.2) is 11.5 Å². The Hall–Kier alpha value is -2.82. The van der Waals surface area contributed by atoms with Crippen LogP contribution in [0.3, 0.4) is 0 Å². The standard InChI is InChI=1S/C21H26N2O7S/c1-14-16(28-2)8-9-19(20(14)21(24)22-25)31(26,27)23-12-10-15(11-13-23)30-18-7-5-4-6-17(18)29-3/h4-9,15,25H,10-13H2,1-3H3,(H,22,24). The zero-order valence-electron chi connectivity index (χ0n) is 17.6. The maximum atomic E-state index is 13.3. The molecule has 31 heavy (non-hydrogen) atoms. The molecule has 2 aromatic carbocycles. The van der Waals surface area contributed by atoms with Crippen LogP contribution in [0.25, 0.3) is 0 Å². The Morgan fingerprint density at radius 3 is 2.23 bits per heavy atom. The summed E-state index contributed by atoms with van der Waals surface area (Å²) in [6, 6.07) is 10.1. The monoisotopic (exact) mass is 450 g/mol. The topological polar surface area (TPSA) is 114 Å². The average molecular weight is 451 g/mol. The van der Waals surface area contributed by atoms with Gasteiger partial charge in [-0.1, -0.05) is 12.1 Å². The van der Waals surface area contributed by atoms with Gasteiger partial charge in [0.25, 0.3) is 5.91 Å². The highest BCUT2D eigenvalue weighted by molar-refractivity contribution is 7.89. The van der Waals surface area contributed by atoms with Gasteiger partial charge in [-0.2, -0.15) is 4.31 Å². The van der Waals surface area contributed by atoms with Crippen LogP contribution in [0.15, 0.2) is 41.3 Å². The van der Waals surface area contributed by atoms with Crippen molar-refractivity contribution in [3.05, 3.63) is 47.5 Å². The number of sulfonamides is 1. The van der Waals surface area contributed by atoms with Crippen LogP contribution < -0.4 is 19.7 Å². The summed E-state index contributed by atoms with van der Waals surface area (Å²) in [4.78, 5) is 12.1. The van der Waals surface area contributed by atoms with Crippen molar-refractivity contribution >= 4 is 15.9 Å². The second-order valence-electron chi connectivity index (χ2n) is 7.08. The number of nitrogens with zero attached hydrogens (tertiary/aromatic N) is 1. The largest absolute Gasteiger partial charge is 0.496 e. The molecular weight excluding hydrogens is 424 g/mol. The number of hydroxylamine groups is 1. The molecule has 2 aromatic rings. The van der Waals surface area contributed by atoms with Crippen LogP contribution in [0.1, 0.15) is 28.8 Å². The number of carbonyl (C=O) groups excluding carboxylic acids is 1. The molecule has 0 radical (unpaired) electrons. The molecule has 1 saturated heterocycles. The Balaban J connectivity index is 1.80. The minimum atomic E-state index is -3.98. The quantitative estimate of drug-likeness (QED) is 0.492. The molecule has 0 bridgehead atoms. The summed E-state index contributed by atoms with van der Waals surface area (Å²) in [7, 11) is -0.995.